The lowest BCUT2D eigenvalue weighted by atomic mass is 9.91. The molecule has 0 saturated heterocycles. The lowest BCUT2D eigenvalue weighted by Crippen LogP contribution is -2.21. The molecule has 2 nitrogen and oxygen atoms in total. The molecule has 3 heteroatoms. The van der Waals surface area contributed by atoms with Gasteiger partial charge in [0, 0.05) is 17.0 Å². The number of Topliss-reactive ketones (excluding diaryl/α,β-unsaturated/α-hetero) is 1. The van der Waals surface area contributed by atoms with Crippen molar-refractivity contribution in [2.75, 3.05) is 6.54 Å². The van der Waals surface area contributed by atoms with Crippen LogP contribution in [0.25, 0.3) is 0 Å². The standard InChI is InChI=1S/C14H15NOS/c1-10-12(7-8-17-10)14(16)13(9-15)11-5-3-2-4-6-11/h2-8,13H,9,15H2,1H3. The topological polar surface area (TPSA) is 43.1 Å². The fourth-order valence-corrected chi connectivity index (χ4v) is 2.61. The minimum atomic E-state index is -0.232. The first-order valence-electron chi connectivity index (χ1n) is 5.57. The summed E-state index contributed by atoms with van der Waals surface area (Å²) in [7, 11) is 0. The second-order valence-electron chi connectivity index (χ2n) is 3.95. The first kappa shape index (κ1) is 12.0. The Balaban J connectivity index is 2.32. The molecule has 1 aromatic carbocycles. The van der Waals surface area contributed by atoms with Gasteiger partial charge in [-0.3, -0.25) is 4.79 Å². The Morgan fingerprint density at radius 1 is 1.29 bits per heavy atom. The zero-order chi connectivity index (χ0) is 12.3. The van der Waals surface area contributed by atoms with E-state index in [0.717, 1.165) is 16.0 Å². The number of thiophene rings is 1. The summed E-state index contributed by atoms with van der Waals surface area (Å²) in [5.41, 5.74) is 7.54. The maximum atomic E-state index is 12.4. The van der Waals surface area contributed by atoms with E-state index in [1.54, 1.807) is 11.3 Å². The van der Waals surface area contributed by atoms with E-state index in [4.69, 9.17) is 5.73 Å². The number of rotatable bonds is 4. The highest BCUT2D eigenvalue weighted by Gasteiger charge is 2.22. The van der Waals surface area contributed by atoms with E-state index < -0.39 is 0 Å². The van der Waals surface area contributed by atoms with Gasteiger partial charge in [0.25, 0.3) is 0 Å². The van der Waals surface area contributed by atoms with Gasteiger partial charge >= 0.3 is 0 Å². The molecule has 0 aliphatic carbocycles. The van der Waals surface area contributed by atoms with Crippen molar-refractivity contribution in [1.82, 2.24) is 0 Å². The van der Waals surface area contributed by atoms with Crippen molar-refractivity contribution in [1.29, 1.82) is 0 Å². The molecule has 0 saturated carbocycles. The molecule has 1 heterocycles. The molecule has 1 aromatic heterocycles. The lowest BCUT2D eigenvalue weighted by Gasteiger charge is -2.13. The Bertz CT molecular complexity index is 504. The second kappa shape index (κ2) is 5.25. The fourth-order valence-electron chi connectivity index (χ4n) is 1.91. The van der Waals surface area contributed by atoms with Gasteiger partial charge in [-0.15, -0.1) is 11.3 Å². The minimum Gasteiger partial charge on any atom is -0.329 e. The van der Waals surface area contributed by atoms with Crippen LogP contribution in [0.2, 0.25) is 0 Å². The van der Waals surface area contributed by atoms with Crippen LogP contribution in [-0.2, 0) is 0 Å². The van der Waals surface area contributed by atoms with E-state index >= 15 is 0 Å². The van der Waals surface area contributed by atoms with Crippen LogP contribution in [0.5, 0.6) is 0 Å². The van der Waals surface area contributed by atoms with Gasteiger partial charge in [-0.25, -0.2) is 0 Å². The molecule has 0 radical (unpaired) electrons. The molecule has 17 heavy (non-hydrogen) atoms. The number of hydrogen-bond acceptors (Lipinski definition) is 3. The van der Waals surface area contributed by atoms with E-state index in [9.17, 15) is 4.79 Å². The summed E-state index contributed by atoms with van der Waals surface area (Å²) >= 11 is 1.59. The van der Waals surface area contributed by atoms with Crippen molar-refractivity contribution in [3.63, 3.8) is 0 Å². The van der Waals surface area contributed by atoms with Crippen LogP contribution < -0.4 is 5.73 Å². The maximum Gasteiger partial charge on any atom is 0.172 e. The molecule has 0 amide bonds. The quantitative estimate of drug-likeness (QED) is 0.841. The SMILES string of the molecule is Cc1sccc1C(=O)C(CN)c1ccccc1. The zero-order valence-corrected chi connectivity index (χ0v) is 10.5. The summed E-state index contributed by atoms with van der Waals surface area (Å²) in [6, 6.07) is 11.6. The van der Waals surface area contributed by atoms with E-state index in [0.29, 0.717) is 6.54 Å². The first-order valence-corrected chi connectivity index (χ1v) is 6.45. The predicted molar refractivity (Wildman–Crippen MR) is 71.6 cm³/mol. The summed E-state index contributed by atoms with van der Waals surface area (Å²) in [6.45, 7) is 2.31. The Hall–Kier alpha value is -1.45. The number of benzene rings is 1. The molecule has 2 rings (SSSR count). The van der Waals surface area contributed by atoms with Crippen molar-refractivity contribution in [2.45, 2.75) is 12.8 Å². The van der Waals surface area contributed by atoms with Gasteiger partial charge in [0.15, 0.2) is 5.78 Å². The minimum absolute atomic E-state index is 0.123. The summed E-state index contributed by atoms with van der Waals surface area (Å²) < 4.78 is 0. The Morgan fingerprint density at radius 2 is 2.00 bits per heavy atom. The largest absolute Gasteiger partial charge is 0.329 e. The van der Waals surface area contributed by atoms with Crippen LogP contribution in [0, 0.1) is 6.92 Å². The third-order valence-corrected chi connectivity index (χ3v) is 3.72. The molecule has 1 unspecified atom stereocenters. The fraction of sp³-hybridized carbons (Fsp3) is 0.214. The van der Waals surface area contributed by atoms with Gasteiger partial charge in [0.1, 0.15) is 0 Å². The third kappa shape index (κ3) is 2.46. The van der Waals surface area contributed by atoms with Gasteiger partial charge in [-0.2, -0.15) is 0 Å². The summed E-state index contributed by atoms with van der Waals surface area (Å²) in [5, 5.41) is 1.95. The highest BCUT2D eigenvalue weighted by molar-refractivity contribution is 7.10. The average molecular weight is 245 g/mol. The van der Waals surface area contributed by atoms with E-state index in [2.05, 4.69) is 0 Å². The van der Waals surface area contributed by atoms with E-state index in [1.165, 1.54) is 0 Å². The number of nitrogens with two attached hydrogens (primary N) is 1. The Labute approximate surface area is 105 Å². The monoisotopic (exact) mass is 245 g/mol. The Morgan fingerprint density at radius 3 is 2.53 bits per heavy atom. The number of ketones is 1. The van der Waals surface area contributed by atoms with Crippen LogP contribution >= 0.6 is 11.3 Å². The van der Waals surface area contributed by atoms with E-state index in [-0.39, 0.29) is 11.7 Å². The smallest absolute Gasteiger partial charge is 0.172 e. The van der Waals surface area contributed by atoms with Crippen LogP contribution in [0.3, 0.4) is 0 Å². The number of carbonyl (C=O) groups is 1. The molecule has 0 aliphatic rings. The van der Waals surface area contributed by atoms with Crippen LogP contribution in [0.1, 0.15) is 26.7 Å². The first-order chi connectivity index (χ1) is 8.24. The van der Waals surface area contributed by atoms with E-state index in [1.807, 2.05) is 48.7 Å². The van der Waals surface area contributed by atoms with Gasteiger partial charge in [-0.05, 0) is 23.9 Å². The van der Waals surface area contributed by atoms with Gasteiger partial charge < -0.3 is 5.73 Å². The average Bonchev–Trinajstić information content (AvgIpc) is 2.77. The summed E-state index contributed by atoms with van der Waals surface area (Å²) in [5.74, 6) is -0.109. The number of carbonyl (C=O) groups excluding carboxylic acids is 1. The number of hydrogen-bond donors (Lipinski definition) is 1. The number of aryl methyl sites for hydroxylation is 1. The molecule has 0 spiro atoms. The van der Waals surface area contributed by atoms with Crippen molar-refractivity contribution < 1.29 is 4.79 Å². The molecule has 0 aliphatic heterocycles. The summed E-state index contributed by atoms with van der Waals surface area (Å²) in [4.78, 5) is 13.4. The van der Waals surface area contributed by atoms with Crippen LogP contribution in [0.4, 0.5) is 0 Å². The molecule has 0 fully saturated rings. The Kier molecular flexibility index (Phi) is 3.71. The van der Waals surface area contributed by atoms with Crippen LogP contribution in [-0.4, -0.2) is 12.3 Å². The van der Waals surface area contributed by atoms with Crippen molar-refractivity contribution >= 4 is 17.1 Å². The molecular formula is C14H15NOS. The zero-order valence-electron chi connectivity index (χ0n) is 9.72. The third-order valence-electron chi connectivity index (χ3n) is 2.88. The second-order valence-corrected chi connectivity index (χ2v) is 5.07. The molecular weight excluding hydrogens is 230 g/mol. The van der Waals surface area contributed by atoms with Crippen molar-refractivity contribution in [2.24, 2.45) is 5.73 Å². The van der Waals surface area contributed by atoms with Gasteiger partial charge in [-0.1, -0.05) is 30.3 Å². The van der Waals surface area contributed by atoms with Gasteiger partial charge in [0.2, 0.25) is 0 Å². The highest BCUT2D eigenvalue weighted by atomic mass is 32.1. The normalized spacial score (nSPS) is 12.4. The molecule has 0 bridgehead atoms. The lowest BCUT2D eigenvalue weighted by molar-refractivity contribution is 0.0962. The van der Waals surface area contributed by atoms with Crippen LogP contribution in [0.15, 0.2) is 41.8 Å². The maximum absolute atomic E-state index is 12.4. The predicted octanol–water partition coefficient (Wildman–Crippen LogP) is 2.98. The molecule has 88 valence electrons. The van der Waals surface area contributed by atoms with Crippen molar-refractivity contribution in [3.8, 4) is 0 Å². The highest BCUT2D eigenvalue weighted by Crippen LogP contribution is 2.24. The summed E-state index contributed by atoms with van der Waals surface area (Å²) in [6.07, 6.45) is 0. The van der Waals surface area contributed by atoms with Gasteiger partial charge in [0.05, 0.1) is 5.92 Å². The molecule has 2 aromatic rings. The molecule has 2 N–H and O–H groups in total. The van der Waals surface area contributed by atoms with Crippen molar-refractivity contribution in [3.05, 3.63) is 57.8 Å². The molecule has 1 atom stereocenters.